The molecular formula is C22H21N5O. The van der Waals surface area contributed by atoms with Gasteiger partial charge in [-0.15, -0.1) is 0 Å². The third-order valence-corrected chi connectivity index (χ3v) is 3.77. The molecule has 1 heterocycles. The van der Waals surface area contributed by atoms with Crippen LogP contribution in [0.25, 0.3) is 11.4 Å². The van der Waals surface area contributed by atoms with E-state index in [2.05, 4.69) is 26.7 Å². The third kappa shape index (κ3) is 4.92. The zero-order chi connectivity index (χ0) is 20.1. The number of anilines is 2. The van der Waals surface area contributed by atoms with E-state index in [4.69, 9.17) is 5.26 Å². The fraction of sp³-hybridized carbons (Fsp3) is 0.182. The van der Waals surface area contributed by atoms with Crippen LogP contribution in [-0.4, -0.2) is 21.4 Å². The number of benzene rings is 2. The Hall–Kier alpha value is -3.72. The number of nitrogens with zero attached hydrogens (tertiary/aromatic N) is 3. The average Bonchev–Trinajstić information content (AvgIpc) is 2.68. The number of nitriles is 1. The van der Waals surface area contributed by atoms with Gasteiger partial charge in [-0.2, -0.15) is 5.26 Å². The summed E-state index contributed by atoms with van der Waals surface area (Å²) in [6.07, 6.45) is 0. The van der Waals surface area contributed by atoms with Crippen molar-refractivity contribution in [2.24, 2.45) is 0 Å². The lowest BCUT2D eigenvalue weighted by Gasteiger charge is -2.20. The van der Waals surface area contributed by atoms with Gasteiger partial charge in [0.05, 0.1) is 11.6 Å². The quantitative estimate of drug-likeness (QED) is 0.714. The Morgan fingerprint density at radius 2 is 1.68 bits per heavy atom. The van der Waals surface area contributed by atoms with Crippen molar-refractivity contribution in [1.29, 1.82) is 5.26 Å². The lowest BCUT2D eigenvalue weighted by atomic mass is 10.1. The number of nitrogens with one attached hydrogen (secondary N) is 2. The van der Waals surface area contributed by atoms with Crippen LogP contribution >= 0.6 is 0 Å². The van der Waals surface area contributed by atoms with Gasteiger partial charge in [0.15, 0.2) is 5.82 Å². The van der Waals surface area contributed by atoms with E-state index < -0.39 is 0 Å². The number of amides is 1. The highest BCUT2D eigenvalue weighted by Crippen LogP contribution is 2.21. The molecule has 3 aromatic rings. The average molecular weight is 371 g/mol. The van der Waals surface area contributed by atoms with Gasteiger partial charge in [-0.1, -0.05) is 30.3 Å². The van der Waals surface area contributed by atoms with E-state index in [1.54, 1.807) is 30.3 Å². The summed E-state index contributed by atoms with van der Waals surface area (Å²) in [6, 6.07) is 20.2. The first-order chi connectivity index (χ1) is 13.3. The molecular weight excluding hydrogens is 350 g/mol. The van der Waals surface area contributed by atoms with Gasteiger partial charge in [0.1, 0.15) is 11.5 Å². The molecule has 1 amide bonds. The minimum absolute atomic E-state index is 0.269. The molecule has 0 atom stereocenters. The fourth-order valence-corrected chi connectivity index (χ4v) is 2.52. The van der Waals surface area contributed by atoms with Crippen LogP contribution in [0.3, 0.4) is 0 Å². The Labute approximate surface area is 164 Å². The number of hydrogen-bond donors (Lipinski definition) is 2. The zero-order valence-electron chi connectivity index (χ0n) is 16.0. The van der Waals surface area contributed by atoms with Gasteiger partial charge in [0.2, 0.25) is 0 Å². The molecule has 0 aliphatic rings. The van der Waals surface area contributed by atoms with Crippen LogP contribution in [0.2, 0.25) is 0 Å². The number of carbonyl (C=O) groups is 1. The van der Waals surface area contributed by atoms with Gasteiger partial charge in [0, 0.05) is 22.9 Å². The van der Waals surface area contributed by atoms with Gasteiger partial charge in [-0.05, 0) is 45.0 Å². The molecule has 140 valence electrons. The minimum Gasteiger partial charge on any atom is -0.346 e. The van der Waals surface area contributed by atoms with Crippen molar-refractivity contribution in [2.45, 2.75) is 26.3 Å². The second kappa shape index (κ2) is 7.89. The van der Waals surface area contributed by atoms with Crippen LogP contribution in [0.4, 0.5) is 11.5 Å². The van der Waals surface area contributed by atoms with E-state index in [-0.39, 0.29) is 17.1 Å². The minimum atomic E-state index is -0.379. The molecule has 3 rings (SSSR count). The number of carbonyl (C=O) groups excluding carboxylic acids is 1. The molecule has 0 aliphatic carbocycles. The van der Waals surface area contributed by atoms with Crippen molar-refractivity contribution < 1.29 is 4.79 Å². The zero-order valence-corrected chi connectivity index (χ0v) is 16.0. The molecule has 28 heavy (non-hydrogen) atoms. The second-order valence-corrected chi connectivity index (χ2v) is 7.35. The molecule has 0 saturated heterocycles. The first kappa shape index (κ1) is 19.1. The molecule has 6 heteroatoms. The summed E-state index contributed by atoms with van der Waals surface area (Å²) < 4.78 is 0. The summed E-state index contributed by atoms with van der Waals surface area (Å²) in [5.74, 6) is 0.686. The topological polar surface area (TPSA) is 90.7 Å². The van der Waals surface area contributed by atoms with E-state index in [1.807, 2.05) is 51.1 Å². The van der Waals surface area contributed by atoms with Crippen LogP contribution in [0.1, 0.15) is 36.8 Å². The number of rotatable bonds is 4. The van der Waals surface area contributed by atoms with Crippen molar-refractivity contribution in [1.82, 2.24) is 15.3 Å². The summed E-state index contributed by atoms with van der Waals surface area (Å²) in [4.78, 5) is 21.7. The summed E-state index contributed by atoms with van der Waals surface area (Å²) in [5.41, 5.74) is 2.05. The normalized spacial score (nSPS) is 10.8. The molecule has 0 bridgehead atoms. The van der Waals surface area contributed by atoms with Crippen molar-refractivity contribution in [2.75, 3.05) is 5.32 Å². The van der Waals surface area contributed by atoms with Crippen LogP contribution in [-0.2, 0) is 0 Å². The van der Waals surface area contributed by atoms with Crippen LogP contribution < -0.4 is 10.6 Å². The first-order valence-corrected chi connectivity index (χ1v) is 8.88. The second-order valence-electron chi connectivity index (χ2n) is 7.35. The van der Waals surface area contributed by atoms with Gasteiger partial charge in [-0.3, -0.25) is 4.79 Å². The lowest BCUT2D eigenvalue weighted by molar-refractivity contribution is 0.0914. The monoisotopic (exact) mass is 371 g/mol. The maximum absolute atomic E-state index is 12.7. The fourth-order valence-electron chi connectivity index (χ4n) is 2.52. The molecule has 0 unspecified atom stereocenters. The summed E-state index contributed by atoms with van der Waals surface area (Å²) in [7, 11) is 0. The first-order valence-electron chi connectivity index (χ1n) is 8.88. The van der Waals surface area contributed by atoms with Crippen molar-refractivity contribution in [3.05, 3.63) is 71.9 Å². The third-order valence-electron chi connectivity index (χ3n) is 3.77. The Morgan fingerprint density at radius 1 is 1.00 bits per heavy atom. The molecule has 2 N–H and O–H groups in total. The Kier molecular flexibility index (Phi) is 5.37. The predicted octanol–water partition coefficient (Wildman–Crippen LogP) is 4.29. The maximum Gasteiger partial charge on any atom is 0.270 e. The Bertz CT molecular complexity index is 1020. The van der Waals surface area contributed by atoms with E-state index >= 15 is 0 Å². The Balaban J connectivity index is 1.99. The molecule has 1 aromatic heterocycles. The van der Waals surface area contributed by atoms with Gasteiger partial charge in [0.25, 0.3) is 5.91 Å². The Morgan fingerprint density at radius 3 is 2.29 bits per heavy atom. The lowest BCUT2D eigenvalue weighted by Crippen LogP contribution is -2.41. The van der Waals surface area contributed by atoms with Crippen LogP contribution in [0.15, 0.2) is 60.7 Å². The molecule has 0 spiro atoms. The smallest absolute Gasteiger partial charge is 0.270 e. The highest BCUT2D eigenvalue weighted by Gasteiger charge is 2.18. The van der Waals surface area contributed by atoms with Gasteiger partial charge >= 0.3 is 0 Å². The predicted molar refractivity (Wildman–Crippen MR) is 109 cm³/mol. The summed E-state index contributed by atoms with van der Waals surface area (Å²) >= 11 is 0. The van der Waals surface area contributed by atoms with E-state index in [0.29, 0.717) is 17.2 Å². The van der Waals surface area contributed by atoms with Crippen LogP contribution in [0.5, 0.6) is 0 Å². The van der Waals surface area contributed by atoms with E-state index in [0.717, 1.165) is 11.3 Å². The standard InChI is InChI=1S/C22H21N5O/c1-22(2,3)27-21(28)18-13-19(24-17-11-9-15(14-23)10-12-17)26-20(25-18)16-7-5-4-6-8-16/h4-13H,1-3H3,(H,27,28)(H,24,25,26). The van der Waals surface area contributed by atoms with Crippen molar-refractivity contribution in [3.8, 4) is 17.5 Å². The molecule has 0 fully saturated rings. The molecule has 6 nitrogen and oxygen atoms in total. The van der Waals surface area contributed by atoms with Gasteiger partial charge < -0.3 is 10.6 Å². The molecule has 2 aromatic carbocycles. The van der Waals surface area contributed by atoms with Crippen molar-refractivity contribution in [3.63, 3.8) is 0 Å². The van der Waals surface area contributed by atoms with E-state index in [1.165, 1.54) is 0 Å². The number of aromatic nitrogens is 2. The molecule has 0 saturated carbocycles. The molecule has 0 aliphatic heterocycles. The van der Waals surface area contributed by atoms with Gasteiger partial charge in [-0.25, -0.2) is 9.97 Å². The number of hydrogen-bond acceptors (Lipinski definition) is 5. The summed E-state index contributed by atoms with van der Waals surface area (Å²) in [6.45, 7) is 5.75. The summed E-state index contributed by atoms with van der Waals surface area (Å²) in [5, 5.41) is 15.0. The largest absolute Gasteiger partial charge is 0.346 e. The van der Waals surface area contributed by atoms with Crippen molar-refractivity contribution >= 4 is 17.4 Å². The highest BCUT2D eigenvalue weighted by atomic mass is 16.2. The highest BCUT2D eigenvalue weighted by molar-refractivity contribution is 5.94. The van der Waals surface area contributed by atoms with Crippen LogP contribution in [0, 0.1) is 11.3 Å². The maximum atomic E-state index is 12.7. The SMILES string of the molecule is CC(C)(C)NC(=O)c1cc(Nc2ccc(C#N)cc2)nc(-c2ccccc2)n1. The van der Waals surface area contributed by atoms with E-state index in [9.17, 15) is 4.79 Å². The molecule has 0 radical (unpaired) electrons.